The molecule has 1 heterocycles. The van der Waals surface area contributed by atoms with Crippen LogP contribution in [0.25, 0.3) is 0 Å². The summed E-state index contributed by atoms with van der Waals surface area (Å²) in [6, 6.07) is 13.0. The standard InChI is InChI=1S/C23H30N4O5S2/c1-3-31-16-17-32-20-8-4-18(5-9-20)22(28)25-23(33)24-19-6-10-21(11-7-19)34(29,30)27-14-12-26(2)13-15-27/h4-11H,3,12-17H2,1-2H3,(H2,24,25,28,33). The zero-order valence-electron chi connectivity index (χ0n) is 19.3. The minimum Gasteiger partial charge on any atom is -0.491 e. The lowest BCUT2D eigenvalue weighted by Gasteiger charge is -2.31. The van der Waals surface area contributed by atoms with Crippen LogP contribution >= 0.6 is 12.2 Å². The molecule has 1 aliphatic heterocycles. The molecule has 2 N–H and O–H groups in total. The van der Waals surface area contributed by atoms with Gasteiger partial charge in [-0.15, -0.1) is 0 Å². The van der Waals surface area contributed by atoms with Crippen molar-refractivity contribution in [1.82, 2.24) is 14.5 Å². The molecule has 1 saturated heterocycles. The highest BCUT2D eigenvalue weighted by molar-refractivity contribution is 7.89. The molecule has 1 aliphatic rings. The summed E-state index contributed by atoms with van der Waals surface area (Å²) in [4.78, 5) is 14.8. The van der Waals surface area contributed by atoms with Crippen LogP contribution in [0.3, 0.4) is 0 Å². The molecule has 0 bridgehead atoms. The largest absolute Gasteiger partial charge is 0.491 e. The third-order valence-electron chi connectivity index (χ3n) is 5.26. The van der Waals surface area contributed by atoms with Gasteiger partial charge in [-0.3, -0.25) is 10.1 Å². The maximum absolute atomic E-state index is 12.8. The number of piperazine rings is 1. The van der Waals surface area contributed by atoms with E-state index in [4.69, 9.17) is 21.7 Å². The maximum Gasteiger partial charge on any atom is 0.257 e. The van der Waals surface area contributed by atoms with Gasteiger partial charge >= 0.3 is 0 Å². The molecule has 0 atom stereocenters. The van der Waals surface area contributed by atoms with Gasteiger partial charge in [0.25, 0.3) is 5.91 Å². The lowest BCUT2D eigenvalue weighted by atomic mass is 10.2. The number of thiocarbonyl (C=S) groups is 1. The van der Waals surface area contributed by atoms with E-state index in [9.17, 15) is 13.2 Å². The third-order valence-corrected chi connectivity index (χ3v) is 7.37. The molecule has 11 heteroatoms. The summed E-state index contributed by atoms with van der Waals surface area (Å²) < 4.78 is 37.9. The van der Waals surface area contributed by atoms with Crippen molar-refractivity contribution in [1.29, 1.82) is 0 Å². The van der Waals surface area contributed by atoms with E-state index in [0.717, 1.165) is 0 Å². The number of nitrogens with one attached hydrogen (secondary N) is 2. The van der Waals surface area contributed by atoms with Gasteiger partial charge in [0.2, 0.25) is 10.0 Å². The molecular weight excluding hydrogens is 476 g/mol. The van der Waals surface area contributed by atoms with Gasteiger partial charge in [0.15, 0.2) is 5.11 Å². The predicted octanol–water partition coefficient (Wildman–Crippen LogP) is 2.16. The number of nitrogens with zero attached hydrogens (tertiary/aromatic N) is 2. The monoisotopic (exact) mass is 506 g/mol. The van der Waals surface area contributed by atoms with E-state index in [1.165, 1.54) is 16.4 Å². The van der Waals surface area contributed by atoms with Crippen LogP contribution in [0.4, 0.5) is 5.69 Å². The van der Waals surface area contributed by atoms with Crippen LogP contribution in [0.1, 0.15) is 17.3 Å². The summed E-state index contributed by atoms with van der Waals surface area (Å²) in [5.41, 5.74) is 0.996. The van der Waals surface area contributed by atoms with Crippen molar-refractivity contribution in [3.8, 4) is 5.75 Å². The first-order valence-electron chi connectivity index (χ1n) is 11.0. The van der Waals surface area contributed by atoms with Crippen LogP contribution in [0.5, 0.6) is 5.75 Å². The van der Waals surface area contributed by atoms with Gasteiger partial charge in [0, 0.05) is 44.0 Å². The fourth-order valence-electron chi connectivity index (χ4n) is 3.29. The van der Waals surface area contributed by atoms with Gasteiger partial charge in [0.1, 0.15) is 12.4 Å². The molecule has 1 amide bonds. The molecular formula is C23H30N4O5S2. The third kappa shape index (κ3) is 7.21. The van der Waals surface area contributed by atoms with Crippen LogP contribution in [0.2, 0.25) is 0 Å². The first kappa shape index (κ1) is 26.0. The summed E-state index contributed by atoms with van der Waals surface area (Å²) in [6.45, 7) is 5.83. The maximum atomic E-state index is 12.8. The van der Waals surface area contributed by atoms with Crippen LogP contribution < -0.4 is 15.4 Å². The number of carbonyl (C=O) groups is 1. The van der Waals surface area contributed by atoms with Gasteiger partial charge in [-0.25, -0.2) is 8.42 Å². The number of anilines is 1. The Bertz CT molecular complexity index is 1070. The predicted molar refractivity (Wildman–Crippen MR) is 135 cm³/mol. The Morgan fingerprint density at radius 3 is 2.26 bits per heavy atom. The Morgan fingerprint density at radius 2 is 1.65 bits per heavy atom. The van der Waals surface area contributed by atoms with Crippen molar-refractivity contribution >= 4 is 38.9 Å². The van der Waals surface area contributed by atoms with Gasteiger partial charge in [-0.05, 0) is 74.7 Å². The quantitative estimate of drug-likeness (QED) is 0.394. The Balaban J connectivity index is 1.51. The molecule has 184 valence electrons. The molecule has 0 aliphatic carbocycles. The molecule has 0 aromatic heterocycles. The first-order valence-corrected chi connectivity index (χ1v) is 12.9. The van der Waals surface area contributed by atoms with Crippen molar-refractivity contribution in [2.75, 3.05) is 58.4 Å². The first-order chi connectivity index (χ1) is 16.3. The fourth-order valence-corrected chi connectivity index (χ4v) is 4.92. The number of likely N-dealkylation sites (N-methyl/N-ethyl adjacent to an activating group) is 1. The molecule has 2 aromatic carbocycles. The van der Waals surface area contributed by atoms with Gasteiger partial charge < -0.3 is 19.7 Å². The molecule has 0 saturated carbocycles. The van der Waals surface area contributed by atoms with Gasteiger partial charge in [-0.2, -0.15) is 4.31 Å². The van der Waals surface area contributed by atoms with E-state index in [1.54, 1.807) is 36.4 Å². The van der Waals surface area contributed by atoms with Crippen molar-refractivity contribution in [3.05, 3.63) is 54.1 Å². The molecule has 3 rings (SSSR count). The molecule has 34 heavy (non-hydrogen) atoms. The Labute approximate surface area is 206 Å². The van der Waals surface area contributed by atoms with E-state index in [1.807, 2.05) is 14.0 Å². The number of benzene rings is 2. The molecule has 9 nitrogen and oxygen atoms in total. The SMILES string of the molecule is CCOCCOc1ccc(C(=O)NC(=S)Nc2ccc(S(=O)(=O)N3CCN(C)CC3)cc2)cc1. The van der Waals surface area contributed by atoms with Crippen LogP contribution in [-0.2, 0) is 14.8 Å². The zero-order valence-corrected chi connectivity index (χ0v) is 21.0. The number of amides is 1. The van der Waals surface area contributed by atoms with E-state index in [-0.39, 0.29) is 15.9 Å². The van der Waals surface area contributed by atoms with Gasteiger partial charge in [-0.1, -0.05) is 0 Å². The second kappa shape index (κ2) is 12.2. The van der Waals surface area contributed by atoms with Gasteiger partial charge in [0.05, 0.1) is 11.5 Å². The van der Waals surface area contributed by atoms with Crippen LogP contribution in [-0.4, -0.2) is 81.7 Å². The second-order valence-electron chi connectivity index (χ2n) is 7.71. The average Bonchev–Trinajstić information content (AvgIpc) is 2.83. The second-order valence-corrected chi connectivity index (χ2v) is 10.1. The zero-order chi connectivity index (χ0) is 24.6. The molecule has 0 unspecified atom stereocenters. The summed E-state index contributed by atoms with van der Waals surface area (Å²) in [7, 11) is -1.57. The molecule has 0 radical (unpaired) electrons. The average molecular weight is 507 g/mol. The summed E-state index contributed by atoms with van der Waals surface area (Å²) >= 11 is 5.23. The number of rotatable bonds is 9. The van der Waals surface area contributed by atoms with Crippen LogP contribution in [0.15, 0.2) is 53.4 Å². The Kier molecular flexibility index (Phi) is 9.36. The minimum atomic E-state index is -3.54. The van der Waals surface area contributed by atoms with Crippen molar-refractivity contribution in [3.63, 3.8) is 0 Å². The topological polar surface area (TPSA) is 100 Å². The number of hydrogen-bond donors (Lipinski definition) is 2. The number of sulfonamides is 1. The lowest BCUT2D eigenvalue weighted by molar-refractivity contribution is 0.0977. The highest BCUT2D eigenvalue weighted by Gasteiger charge is 2.27. The summed E-state index contributed by atoms with van der Waals surface area (Å²) in [6.07, 6.45) is 0. The van der Waals surface area contributed by atoms with E-state index < -0.39 is 10.0 Å². The molecule has 2 aromatic rings. The number of ether oxygens (including phenoxy) is 2. The molecule has 0 spiro atoms. The van der Waals surface area contributed by atoms with Crippen molar-refractivity contribution < 1.29 is 22.7 Å². The van der Waals surface area contributed by atoms with Crippen molar-refractivity contribution in [2.45, 2.75) is 11.8 Å². The summed E-state index contributed by atoms with van der Waals surface area (Å²) in [5, 5.41) is 5.63. The fraction of sp³-hybridized carbons (Fsp3) is 0.391. The summed E-state index contributed by atoms with van der Waals surface area (Å²) in [5.74, 6) is 0.274. The number of carbonyl (C=O) groups excluding carboxylic acids is 1. The lowest BCUT2D eigenvalue weighted by Crippen LogP contribution is -2.46. The number of hydrogen-bond acceptors (Lipinski definition) is 7. The van der Waals surface area contributed by atoms with E-state index in [0.29, 0.717) is 63.0 Å². The highest BCUT2D eigenvalue weighted by Crippen LogP contribution is 2.20. The Morgan fingerprint density at radius 1 is 1.00 bits per heavy atom. The smallest absolute Gasteiger partial charge is 0.257 e. The minimum absolute atomic E-state index is 0.108. The normalized spacial score (nSPS) is 15.0. The van der Waals surface area contributed by atoms with E-state index in [2.05, 4.69) is 15.5 Å². The Hall–Kier alpha value is -2.57. The van der Waals surface area contributed by atoms with Crippen molar-refractivity contribution in [2.24, 2.45) is 0 Å². The van der Waals surface area contributed by atoms with E-state index >= 15 is 0 Å². The highest BCUT2D eigenvalue weighted by atomic mass is 32.2. The molecule has 1 fully saturated rings. The van der Waals surface area contributed by atoms with Crippen LogP contribution in [0, 0.1) is 0 Å².